The Hall–Kier alpha value is -1.14. The maximum Gasteiger partial charge on any atom is 0.243 e. The minimum Gasteiger partial charge on any atom is -0.396 e. The smallest absolute Gasteiger partial charge is 0.243 e. The van der Waals surface area contributed by atoms with Gasteiger partial charge in [-0.3, -0.25) is 0 Å². The molecule has 21 heavy (non-hydrogen) atoms. The first-order chi connectivity index (χ1) is 9.66. The number of aryl methyl sites for hydroxylation is 1. The zero-order valence-corrected chi connectivity index (χ0v) is 13.8. The molecule has 2 atom stereocenters. The summed E-state index contributed by atoms with van der Waals surface area (Å²) in [5.41, 5.74) is 6.30. The van der Waals surface area contributed by atoms with Crippen molar-refractivity contribution in [1.82, 2.24) is 4.31 Å². The van der Waals surface area contributed by atoms with Crippen molar-refractivity contribution in [3.05, 3.63) is 23.0 Å². The van der Waals surface area contributed by atoms with Crippen LogP contribution in [-0.2, 0) is 10.0 Å². The summed E-state index contributed by atoms with van der Waals surface area (Å²) in [6.45, 7) is 7.73. The molecule has 1 fully saturated rings. The number of benzene rings is 1. The molecule has 1 heterocycles. The van der Waals surface area contributed by atoms with E-state index in [9.17, 15) is 12.8 Å². The molecule has 1 aromatic carbocycles. The Labute approximate surface area is 126 Å². The number of nitrogens with zero attached hydrogens (tertiary/aromatic N) is 1. The van der Waals surface area contributed by atoms with Crippen molar-refractivity contribution in [3.8, 4) is 0 Å². The molecule has 0 aliphatic carbocycles. The standard InChI is InChI=1S/C15H23FN2O2S/c1-9-5-6-18(11(3)7-9)21(19,20)15-10(2)8-13(16)14(17)12(15)4/h8-9,11H,5-7,17H2,1-4H3. The van der Waals surface area contributed by atoms with Gasteiger partial charge in [-0.2, -0.15) is 4.31 Å². The summed E-state index contributed by atoms with van der Waals surface area (Å²) in [5, 5.41) is 0. The minimum absolute atomic E-state index is 0.0520. The van der Waals surface area contributed by atoms with Crippen LogP contribution in [0.4, 0.5) is 10.1 Å². The van der Waals surface area contributed by atoms with Crippen molar-refractivity contribution in [2.75, 3.05) is 12.3 Å². The second-order valence-corrected chi connectivity index (χ2v) is 7.96. The van der Waals surface area contributed by atoms with Crippen LogP contribution in [0.5, 0.6) is 0 Å². The molecule has 2 unspecified atom stereocenters. The fraction of sp³-hybridized carbons (Fsp3) is 0.600. The molecule has 1 aliphatic rings. The summed E-state index contributed by atoms with van der Waals surface area (Å²) < 4.78 is 41.1. The second-order valence-electron chi connectivity index (χ2n) is 6.14. The van der Waals surface area contributed by atoms with Crippen molar-refractivity contribution in [2.45, 2.75) is 51.5 Å². The molecular weight excluding hydrogens is 291 g/mol. The zero-order chi connectivity index (χ0) is 15.9. The SMILES string of the molecule is Cc1cc(F)c(N)c(C)c1S(=O)(=O)N1CCC(C)CC1C. The molecule has 6 heteroatoms. The average molecular weight is 314 g/mol. The largest absolute Gasteiger partial charge is 0.396 e. The first kappa shape index (κ1) is 16.2. The lowest BCUT2D eigenvalue weighted by Gasteiger charge is -2.36. The number of rotatable bonds is 2. The fourth-order valence-electron chi connectivity index (χ4n) is 3.19. The summed E-state index contributed by atoms with van der Waals surface area (Å²) in [5.74, 6) is -0.0452. The first-order valence-corrected chi connectivity index (χ1v) is 8.67. The number of nitrogens with two attached hydrogens (primary N) is 1. The Balaban J connectivity index is 2.53. The van der Waals surface area contributed by atoms with Crippen LogP contribution in [0.15, 0.2) is 11.0 Å². The summed E-state index contributed by atoms with van der Waals surface area (Å²) in [4.78, 5) is 0.155. The van der Waals surface area contributed by atoms with Gasteiger partial charge in [0.05, 0.1) is 10.6 Å². The summed E-state index contributed by atoms with van der Waals surface area (Å²) in [6.07, 6.45) is 1.69. The van der Waals surface area contributed by atoms with E-state index in [1.165, 1.54) is 10.4 Å². The fourth-order valence-corrected chi connectivity index (χ4v) is 5.29. The average Bonchev–Trinajstić information content (AvgIpc) is 2.35. The third-order valence-corrected chi connectivity index (χ3v) is 6.65. The van der Waals surface area contributed by atoms with Crippen molar-refractivity contribution in [3.63, 3.8) is 0 Å². The molecule has 2 N–H and O–H groups in total. The number of halogens is 1. The molecule has 0 aromatic heterocycles. The van der Waals surface area contributed by atoms with Gasteiger partial charge in [0.1, 0.15) is 5.82 Å². The van der Waals surface area contributed by atoms with Crippen LogP contribution in [0.25, 0.3) is 0 Å². The second kappa shape index (κ2) is 5.57. The van der Waals surface area contributed by atoms with E-state index in [0.717, 1.165) is 12.8 Å². The number of hydrogen-bond donors (Lipinski definition) is 1. The van der Waals surface area contributed by atoms with Crippen molar-refractivity contribution in [1.29, 1.82) is 0 Å². The van der Waals surface area contributed by atoms with Crippen LogP contribution >= 0.6 is 0 Å². The molecule has 118 valence electrons. The van der Waals surface area contributed by atoms with E-state index in [0.29, 0.717) is 23.6 Å². The van der Waals surface area contributed by atoms with Crippen LogP contribution in [0, 0.1) is 25.6 Å². The molecule has 0 spiro atoms. The molecule has 0 amide bonds. The van der Waals surface area contributed by atoms with E-state index in [1.54, 1.807) is 13.8 Å². The van der Waals surface area contributed by atoms with Crippen LogP contribution < -0.4 is 5.73 Å². The lowest BCUT2D eigenvalue weighted by molar-refractivity contribution is 0.220. The highest BCUT2D eigenvalue weighted by molar-refractivity contribution is 7.89. The van der Waals surface area contributed by atoms with Gasteiger partial charge in [-0.25, -0.2) is 12.8 Å². The first-order valence-electron chi connectivity index (χ1n) is 7.23. The number of nitrogen functional groups attached to an aromatic ring is 1. The third-order valence-electron chi connectivity index (χ3n) is 4.35. The lowest BCUT2D eigenvalue weighted by atomic mass is 9.95. The van der Waals surface area contributed by atoms with E-state index in [-0.39, 0.29) is 16.6 Å². The molecule has 0 saturated carbocycles. The van der Waals surface area contributed by atoms with Gasteiger partial charge in [-0.05, 0) is 56.7 Å². The molecule has 0 bridgehead atoms. The summed E-state index contributed by atoms with van der Waals surface area (Å²) in [7, 11) is -3.65. The van der Waals surface area contributed by atoms with Gasteiger partial charge in [-0.1, -0.05) is 6.92 Å². The summed E-state index contributed by atoms with van der Waals surface area (Å²) >= 11 is 0. The van der Waals surface area contributed by atoms with Crippen LogP contribution in [0.3, 0.4) is 0 Å². The molecule has 0 radical (unpaired) electrons. The Morgan fingerprint density at radius 2 is 1.95 bits per heavy atom. The predicted octanol–water partition coefficient (Wildman–Crippen LogP) is 2.83. The normalized spacial score (nSPS) is 24.2. The summed E-state index contributed by atoms with van der Waals surface area (Å²) in [6, 6.07) is 1.15. The van der Waals surface area contributed by atoms with E-state index in [1.807, 2.05) is 6.92 Å². The van der Waals surface area contributed by atoms with E-state index in [4.69, 9.17) is 5.73 Å². The maximum atomic E-state index is 13.6. The highest BCUT2D eigenvalue weighted by Crippen LogP contribution is 2.33. The number of hydrogen-bond acceptors (Lipinski definition) is 3. The van der Waals surface area contributed by atoms with E-state index in [2.05, 4.69) is 6.92 Å². The molecule has 1 aliphatic heterocycles. The predicted molar refractivity (Wildman–Crippen MR) is 82.0 cm³/mol. The van der Waals surface area contributed by atoms with Gasteiger partial charge in [-0.15, -0.1) is 0 Å². The topological polar surface area (TPSA) is 63.4 Å². The number of piperidine rings is 1. The van der Waals surface area contributed by atoms with Gasteiger partial charge in [0.25, 0.3) is 0 Å². The highest BCUT2D eigenvalue weighted by Gasteiger charge is 2.35. The molecular formula is C15H23FN2O2S. The van der Waals surface area contributed by atoms with Gasteiger partial charge in [0.2, 0.25) is 10.0 Å². The quantitative estimate of drug-likeness (QED) is 0.854. The number of anilines is 1. The Morgan fingerprint density at radius 3 is 2.52 bits per heavy atom. The minimum atomic E-state index is -3.65. The van der Waals surface area contributed by atoms with E-state index < -0.39 is 15.8 Å². The Morgan fingerprint density at radius 1 is 1.33 bits per heavy atom. The van der Waals surface area contributed by atoms with Gasteiger partial charge in [0.15, 0.2) is 0 Å². The highest BCUT2D eigenvalue weighted by atomic mass is 32.2. The lowest BCUT2D eigenvalue weighted by Crippen LogP contribution is -2.44. The van der Waals surface area contributed by atoms with Crippen molar-refractivity contribution in [2.24, 2.45) is 5.92 Å². The molecule has 1 aromatic rings. The van der Waals surface area contributed by atoms with Gasteiger partial charge < -0.3 is 5.73 Å². The Bertz CT molecular complexity index is 658. The molecule has 1 saturated heterocycles. The van der Waals surface area contributed by atoms with Crippen molar-refractivity contribution >= 4 is 15.7 Å². The maximum absolute atomic E-state index is 13.6. The number of sulfonamides is 1. The Kier molecular flexibility index (Phi) is 4.31. The van der Waals surface area contributed by atoms with E-state index >= 15 is 0 Å². The zero-order valence-electron chi connectivity index (χ0n) is 13.0. The molecule has 4 nitrogen and oxygen atoms in total. The van der Waals surface area contributed by atoms with Crippen LogP contribution in [0.1, 0.15) is 37.8 Å². The van der Waals surface area contributed by atoms with Crippen molar-refractivity contribution < 1.29 is 12.8 Å². The van der Waals surface area contributed by atoms with Crippen LogP contribution in [-0.4, -0.2) is 25.3 Å². The monoisotopic (exact) mass is 314 g/mol. The van der Waals surface area contributed by atoms with Crippen LogP contribution in [0.2, 0.25) is 0 Å². The molecule has 2 rings (SSSR count). The van der Waals surface area contributed by atoms with Gasteiger partial charge >= 0.3 is 0 Å². The van der Waals surface area contributed by atoms with Gasteiger partial charge in [0, 0.05) is 12.6 Å². The third kappa shape index (κ3) is 2.79.